The van der Waals surface area contributed by atoms with Gasteiger partial charge >= 0.3 is 0 Å². The van der Waals surface area contributed by atoms with Crippen molar-refractivity contribution in [1.82, 2.24) is 4.98 Å². The van der Waals surface area contributed by atoms with Crippen LogP contribution in [-0.4, -0.2) is 10.9 Å². The lowest BCUT2D eigenvalue weighted by molar-refractivity contribution is -0.117. The van der Waals surface area contributed by atoms with Crippen molar-refractivity contribution < 1.29 is 9.21 Å². The summed E-state index contributed by atoms with van der Waals surface area (Å²) in [6.45, 7) is 6.33. The van der Waals surface area contributed by atoms with Crippen LogP contribution in [0.2, 0.25) is 0 Å². The van der Waals surface area contributed by atoms with Crippen LogP contribution in [0, 0.1) is 5.92 Å². The Morgan fingerprint density at radius 2 is 1.88 bits per heavy atom. The van der Waals surface area contributed by atoms with E-state index in [4.69, 9.17) is 4.42 Å². The molecule has 0 radical (unpaired) electrons. The van der Waals surface area contributed by atoms with Gasteiger partial charge in [0, 0.05) is 11.3 Å². The highest BCUT2D eigenvalue weighted by atomic mass is 16.3. The quantitative estimate of drug-likeness (QED) is 0.659. The zero-order chi connectivity index (χ0) is 18.5. The lowest BCUT2D eigenvalue weighted by atomic mass is 9.96. The molecular weight excluding hydrogens is 324 g/mol. The maximum atomic E-state index is 12.6. The topological polar surface area (TPSA) is 55.1 Å². The maximum absolute atomic E-state index is 12.6. The molecule has 2 aromatic carbocycles. The first-order valence-corrected chi connectivity index (χ1v) is 8.91. The lowest BCUT2D eigenvalue weighted by Crippen LogP contribution is -2.18. The van der Waals surface area contributed by atoms with Gasteiger partial charge in [-0.15, -0.1) is 0 Å². The third-order valence-electron chi connectivity index (χ3n) is 4.36. The molecule has 1 N–H and O–H groups in total. The van der Waals surface area contributed by atoms with E-state index in [-0.39, 0.29) is 11.8 Å². The Kier molecular flexibility index (Phi) is 5.52. The van der Waals surface area contributed by atoms with Crippen LogP contribution in [0.25, 0.3) is 11.3 Å². The van der Waals surface area contributed by atoms with Gasteiger partial charge in [-0.1, -0.05) is 50.2 Å². The molecule has 1 aromatic heterocycles. The Morgan fingerprint density at radius 3 is 2.54 bits per heavy atom. The van der Waals surface area contributed by atoms with Gasteiger partial charge in [0.25, 0.3) is 0 Å². The molecule has 0 aliphatic heterocycles. The van der Waals surface area contributed by atoms with E-state index in [0.717, 1.165) is 23.2 Å². The number of nitrogens with one attached hydrogen (secondary N) is 1. The molecule has 0 fully saturated rings. The van der Waals surface area contributed by atoms with E-state index in [9.17, 15) is 4.79 Å². The number of hydrogen-bond acceptors (Lipinski definition) is 3. The number of anilines is 1. The minimum atomic E-state index is -0.225. The van der Waals surface area contributed by atoms with Gasteiger partial charge in [-0.05, 0) is 42.5 Å². The molecule has 0 saturated heterocycles. The number of hydrogen-bond donors (Lipinski definition) is 1. The van der Waals surface area contributed by atoms with E-state index in [1.165, 1.54) is 12.0 Å². The largest absolute Gasteiger partial charge is 0.444 e. The molecule has 3 aromatic rings. The summed E-state index contributed by atoms with van der Waals surface area (Å²) in [5, 5.41) is 2.99. The molecule has 0 bridgehead atoms. The predicted molar refractivity (Wildman–Crippen MR) is 104 cm³/mol. The zero-order valence-electron chi connectivity index (χ0n) is 15.4. The third-order valence-corrected chi connectivity index (χ3v) is 4.36. The molecule has 0 aliphatic rings. The van der Waals surface area contributed by atoms with Crippen molar-refractivity contribution in [2.75, 3.05) is 5.32 Å². The van der Waals surface area contributed by atoms with Gasteiger partial charge in [0.05, 0.1) is 12.1 Å². The molecule has 0 unspecified atom stereocenters. The van der Waals surface area contributed by atoms with Gasteiger partial charge in [-0.3, -0.25) is 4.79 Å². The number of nitrogens with zero attached hydrogens (tertiary/aromatic N) is 1. The van der Waals surface area contributed by atoms with Crippen molar-refractivity contribution in [1.29, 1.82) is 0 Å². The van der Waals surface area contributed by atoms with Gasteiger partial charge in [0.1, 0.15) is 0 Å². The predicted octanol–water partition coefficient (Wildman–Crippen LogP) is 5.28. The molecule has 3 rings (SSSR count). The summed E-state index contributed by atoms with van der Waals surface area (Å²) in [4.78, 5) is 16.6. The van der Waals surface area contributed by atoms with Gasteiger partial charge in [0.15, 0.2) is 12.2 Å². The van der Waals surface area contributed by atoms with Crippen LogP contribution in [0.3, 0.4) is 0 Å². The minimum absolute atomic E-state index is 0.0312. The second-order valence-corrected chi connectivity index (χ2v) is 7.00. The summed E-state index contributed by atoms with van der Waals surface area (Å²) >= 11 is 0. The van der Waals surface area contributed by atoms with Crippen LogP contribution in [0.1, 0.15) is 37.8 Å². The summed E-state index contributed by atoms with van der Waals surface area (Å²) in [5.74, 6) is 1.04. The Hall–Kier alpha value is -2.88. The van der Waals surface area contributed by atoms with Crippen molar-refractivity contribution in [2.45, 2.75) is 33.1 Å². The highest BCUT2D eigenvalue weighted by Gasteiger charge is 2.16. The fourth-order valence-electron chi connectivity index (χ4n) is 2.92. The molecule has 26 heavy (non-hydrogen) atoms. The molecule has 1 atom stereocenters. The number of amides is 1. The summed E-state index contributed by atoms with van der Waals surface area (Å²) in [5.41, 5.74) is 3.94. The summed E-state index contributed by atoms with van der Waals surface area (Å²) in [6, 6.07) is 15.9. The SMILES string of the molecule is CC(C)Cc1ccc([C@@H](C)C(=O)Nc2cccc(-c3cnco3)c2)cc1. The number of carbonyl (C=O) groups excluding carboxylic acids is 1. The van der Waals surface area contributed by atoms with Gasteiger partial charge in [-0.25, -0.2) is 4.98 Å². The molecule has 1 amide bonds. The van der Waals surface area contributed by atoms with Crippen LogP contribution in [0.5, 0.6) is 0 Å². The number of aromatic nitrogens is 1. The van der Waals surface area contributed by atoms with Gasteiger partial charge < -0.3 is 9.73 Å². The Labute approximate surface area is 154 Å². The molecular formula is C22H24N2O2. The summed E-state index contributed by atoms with van der Waals surface area (Å²) in [7, 11) is 0. The van der Waals surface area contributed by atoms with Gasteiger partial charge in [0.2, 0.25) is 5.91 Å². The monoisotopic (exact) mass is 348 g/mol. The van der Waals surface area contributed by atoms with Crippen molar-refractivity contribution in [3.8, 4) is 11.3 Å². The molecule has 4 heteroatoms. The Bertz CT molecular complexity index is 852. The highest BCUT2D eigenvalue weighted by Crippen LogP contribution is 2.24. The van der Waals surface area contributed by atoms with E-state index in [1.807, 2.05) is 43.3 Å². The number of benzene rings is 2. The van der Waals surface area contributed by atoms with E-state index >= 15 is 0 Å². The number of oxazole rings is 1. The average Bonchev–Trinajstić information content (AvgIpc) is 3.16. The van der Waals surface area contributed by atoms with Crippen molar-refractivity contribution in [2.24, 2.45) is 5.92 Å². The van der Waals surface area contributed by atoms with Crippen molar-refractivity contribution in [3.05, 3.63) is 72.2 Å². The second-order valence-electron chi connectivity index (χ2n) is 7.00. The molecule has 0 saturated carbocycles. The lowest BCUT2D eigenvalue weighted by Gasteiger charge is -2.14. The standard InChI is InChI=1S/C22H24N2O2/c1-15(2)11-17-7-9-18(10-8-17)16(3)22(25)24-20-6-4-5-19(12-20)21-13-23-14-26-21/h4-10,12-16H,11H2,1-3H3,(H,24,25)/t16-/m1/s1. The van der Waals surface area contributed by atoms with Crippen LogP contribution in [0.4, 0.5) is 5.69 Å². The fourth-order valence-corrected chi connectivity index (χ4v) is 2.92. The van der Waals surface area contributed by atoms with E-state index in [0.29, 0.717) is 11.7 Å². The summed E-state index contributed by atoms with van der Waals surface area (Å²) < 4.78 is 5.31. The molecule has 0 aliphatic carbocycles. The minimum Gasteiger partial charge on any atom is -0.444 e. The highest BCUT2D eigenvalue weighted by molar-refractivity contribution is 5.96. The number of carbonyl (C=O) groups is 1. The van der Waals surface area contributed by atoms with Crippen molar-refractivity contribution in [3.63, 3.8) is 0 Å². The van der Waals surface area contributed by atoms with Crippen LogP contribution < -0.4 is 5.32 Å². The van der Waals surface area contributed by atoms with E-state index < -0.39 is 0 Å². The number of rotatable bonds is 6. The van der Waals surface area contributed by atoms with Crippen LogP contribution in [0.15, 0.2) is 65.5 Å². The summed E-state index contributed by atoms with van der Waals surface area (Å²) in [6.07, 6.45) is 4.10. The fraction of sp³-hybridized carbons (Fsp3) is 0.273. The molecule has 134 valence electrons. The first-order chi connectivity index (χ1) is 12.5. The smallest absolute Gasteiger partial charge is 0.231 e. The van der Waals surface area contributed by atoms with E-state index in [1.54, 1.807) is 6.20 Å². The first kappa shape index (κ1) is 17.9. The van der Waals surface area contributed by atoms with E-state index in [2.05, 4.69) is 36.3 Å². The first-order valence-electron chi connectivity index (χ1n) is 8.91. The normalized spacial score (nSPS) is 12.2. The van der Waals surface area contributed by atoms with Crippen molar-refractivity contribution >= 4 is 11.6 Å². The molecule has 1 heterocycles. The van der Waals surface area contributed by atoms with Crippen LogP contribution >= 0.6 is 0 Å². The second kappa shape index (κ2) is 8.00. The zero-order valence-corrected chi connectivity index (χ0v) is 15.4. The van der Waals surface area contributed by atoms with Gasteiger partial charge in [-0.2, -0.15) is 0 Å². The molecule has 0 spiro atoms. The average molecular weight is 348 g/mol. The third kappa shape index (κ3) is 4.39. The Morgan fingerprint density at radius 1 is 1.12 bits per heavy atom. The maximum Gasteiger partial charge on any atom is 0.231 e. The Balaban J connectivity index is 1.68. The molecule has 4 nitrogen and oxygen atoms in total. The van der Waals surface area contributed by atoms with Crippen LogP contribution in [-0.2, 0) is 11.2 Å².